The van der Waals surface area contributed by atoms with E-state index in [0.29, 0.717) is 0 Å². The van der Waals surface area contributed by atoms with Crippen LogP contribution in [-0.2, 0) is 4.79 Å². The van der Waals surface area contributed by atoms with Gasteiger partial charge in [0.15, 0.2) is 0 Å². The fraction of sp³-hybridized carbons (Fsp3) is 0.357. The molecule has 3 heteroatoms. The van der Waals surface area contributed by atoms with Gasteiger partial charge in [0.05, 0.1) is 6.04 Å². The van der Waals surface area contributed by atoms with E-state index in [4.69, 9.17) is 0 Å². The lowest BCUT2D eigenvalue weighted by Gasteiger charge is -2.24. The lowest BCUT2D eigenvalue weighted by atomic mass is 10.1. The minimum absolute atomic E-state index is 0.000509. The van der Waals surface area contributed by atoms with Gasteiger partial charge in [-0.2, -0.15) is 0 Å². The normalized spacial score (nSPS) is 20.1. The van der Waals surface area contributed by atoms with E-state index in [-0.39, 0.29) is 17.8 Å². The highest BCUT2D eigenvalue weighted by atomic mass is 19.1. The predicted octanol–water partition coefficient (Wildman–Crippen LogP) is 3.07. The zero-order valence-electron chi connectivity index (χ0n) is 10.1. The number of halogens is 1. The number of likely N-dealkylation sites (tertiary alicyclic amines) is 1. The highest BCUT2D eigenvalue weighted by Gasteiger charge is 2.29. The molecule has 2 nitrogen and oxygen atoms in total. The average molecular weight is 233 g/mol. The molecule has 0 saturated carbocycles. The van der Waals surface area contributed by atoms with Crippen molar-refractivity contribution in [2.75, 3.05) is 6.54 Å². The largest absolute Gasteiger partial charge is 0.332 e. The molecule has 0 N–H and O–H groups in total. The van der Waals surface area contributed by atoms with Gasteiger partial charge in [-0.1, -0.05) is 18.2 Å². The maximum Gasteiger partial charge on any atom is 0.250 e. The van der Waals surface area contributed by atoms with Crippen LogP contribution in [0.25, 0.3) is 0 Å². The Hall–Kier alpha value is -1.64. The second kappa shape index (κ2) is 4.70. The van der Waals surface area contributed by atoms with Gasteiger partial charge in [-0.15, -0.1) is 0 Å². The third kappa shape index (κ3) is 2.23. The van der Waals surface area contributed by atoms with Gasteiger partial charge in [0.2, 0.25) is 5.91 Å². The first-order valence-corrected chi connectivity index (χ1v) is 5.85. The lowest BCUT2D eigenvalue weighted by Crippen LogP contribution is -2.28. The summed E-state index contributed by atoms with van der Waals surface area (Å²) in [6, 6.07) is 6.34. The summed E-state index contributed by atoms with van der Waals surface area (Å²) in [5.74, 6) is -0.146. The molecule has 90 valence electrons. The number of benzene rings is 1. The molecule has 0 unspecified atom stereocenters. The van der Waals surface area contributed by atoms with E-state index in [1.165, 1.54) is 12.1 Å². The zero-order chi connectivity index (χ0) is 12.4. The molecule has 1 heterocycles. The van der Waals surface area contributed by atoms with Gasteiger partial charge in [0.1, 0.15) is 5.82 Å². The van der Waals surface area contributed by atoms with E-state index in [1.54, 1.807) is 12.1 Å². The van der Waals surface area contributed by atoms with E-state index in [9.17, 15) is 9.18 Å². The Kier molecular flexibility index (Phi) is 3.27. The van der Waals surface area contributed by atoms with E-state index >= 15 is 0 Å². The summed E-state index contributed by atoms with van der Waals surface area (Å²) in [7, 11) is 0. The van der Waals surface area contributed by atoms with Gasteiger partial charge in [-0.25, -0.2) is 4.39 Å². The van der Waals surface area contributed by atoms with Crippen LogP contribution in [-0.4, -0.2) is 17.4 Å². The van der Waals surface area contributed by atoms with Crippen molar-refractivity contribution in [3.05, 3.63) is 47.3 Å². The van der Waals surface area contributed by atoms with Crippen molar-refractivity contribution in [2.45, 2.75) is 26.3 Å². The molecule has 0 bridgehead atoms. The van der Waals surface area contributed by atoms with Crippen molar-refractivity contribution in [2.24, 2.45) is 0 Å². The quantitative estimate of drug-likeness (QED) is 0.719. The van der Waals surface area contributed by atoms with Crippen LogP contribution in [0, 0.1) is 5.82 Å². The maximum absolute atomic E-state index is 12.8. The lowest BCUT2D eigenvalue weighted by molar-refractivity contribution is -0.126. The Morgan fingerprint density at radius 1 is 1.35 bits per heavy atom. The monoisotopic (exact) mass is 233 g/mol. The van der Waals surface area contributed by atoms with E-state index in [2.05, 4.69) is 0 Å². The molecular weight excluding hydrogens is 217 g/mol. The molecular formula is C14H16FNO. The van der Waals surface area contributed by atoms with Gasteiger partial charge < -0.3 is 4.90 Å². The number of allylic oxidation sites excluding steroid dienone is 1. The number of carbonyl (C=O) groups is 1. The maximum atomic E-state index is 12.8. The molecule has 1 atom stereocenters. The first-order valence-electron chi connectivity index (χ1n) is 5.85. The molecule has 1 fully saturated rings. The Labute approximate surface area is 101 Å². The van der Waals surface area contributed by atoms with Crippen molar-refractivity contribution < 1.29 is 9.18 Å². The summed E-state index contributed by atoms with van der Waals surface area (Å²) in [5.41, 5.74) is 1.84. The second-order valence-corrected chi connectivity index (χ2v) is 4.29. The van der Waals surface area contributed by atoms with E-state index in [1.807, 2.05) is 24.8 Å². The molecule has 1 aliphatic heterocycles. The number of amides is 1. The van der Waals surface area contributed by atoms with Crippen molar-refractivity contribution in [1.82, 2.24) is 4.90 Å². The van der Waals surface area contributed by atoms with Gasteiger partial charge in [0, 0.05) is 12.1 Å². The fourth-order valence-electron chi connectivity index (χ4n) is 2.19. The van der Waals surface area contributed by atoms with Crippen molar-refractivity contribution >= 4 is 5.91 Å². The highest BCUT2D eigenvalue weighted by molar-refractivity contribution is 5.95. The second-order valence-electron chi connectivity index (χ2n) is 4.29. The summed E-state index contributed by atoms with van der Waals surface area (Å²) in [6.07, 6.45) is 2.68. The van der Waals surface area contributed by atoms with Crippen LogP contribution < -0.4 is 0 Å². The smallest absolute Gasteiger partial charge is 0.250 e. The number of carbonyl (C=O) groups excluding carboxylic acids is 1. The molecule has 1 saturated heterocycles. The van der Waals surface area contributed by atoms with Crippen molar-refractivity contribution in [3.63, 3.8) is 0 Å². The summed E-state index contributed by atoms with van der Waals surface area (Å²) >= 11 is 0. The van der Waals surface area contributed by atoms with Gasteiger partial charge >= 0.3 is 0 Å². The average Bonchev–Trinajstić information content (AvgIpc) is 2.70. The van der Waals surface area contributed by atoms with E-state index < -0.39 is 0 Å². The third-order valence-electron chi connectivity index (χ3n) is 3.33. The van der Waals surface area contributed by atoms with Crippen molar-refractivity contribution in [1.29, 1.82) is 0 Å². The molecule has 1 aliphatic rings. The van der Waals surface area contributed by atoms with Crippen LogP contribution >= 0.6 is 0 Å². The van der Waals surface area contributed by atoms with Gasteiger partial charge in [-0.3, -0.25) is 4.79 Å². The van der Waals surface area contributed by atoms with Crippen LogP contribution in [0.2, 0.25) is 0 Å². The first-order chi connectivity index (χ1) is 8.13. The minimum Gasteiger partial charge on any atom is -0.332 e. The molecule has 0 aromatic heterocycles. The molecule has 1 aromatic carbocycles. The van der Waals surface area contributed by atoms with Gasteiger partial charge in [0.25, 0.3) is 0 Å². The standard InChI is InChI=1S/C14H16FNO/c1-3-11-8-9-16(14(11)17)10(2)12-4-6-13(15)7-5-12/h3-7,10H,8-9H2,1-2H3/b11-3+/t10-/m0/s1. The predicted molar refractivity (Wildman–Crippen MR) is 64.9 cm³/mol. The SMILES string of the molecule is C/C=C1\CCN([C@@H](C)c2ccc(F)cc2)C1=O. The van der Waals surface area contributed by atoms with Crippen molar-refractivity contribution in [3.8, 4) is 0 Å². The summed E-state index contributed by atoms with van der Waals surface area (Å²) in [5, 5.41) is 0. The molecule has 0 radical (unpaired) electrons. The molecule has 2 rings (SSSR count). The summed E-state index contributed by atoms with van der Waals surface area (Å²) in [6.45, 7) is 4.61. The Bertz CT molecular complexity index is 450. The van der Waals surface area contributed by atoms with Crippen LogP contribution in [0.3, 0.4) is 0 Å². The molecule has 0 spiro atoms. The topological polar surface area (TPSA) is 20.3 Å². The molecule has 0 aliphatic carbocycles. The molecule has 17 heavy (non-hydrogen) atoms. The van der Waals surface area contributed by atoms with E-state index in [0.717, 1.165) is 24.1 Å². The van der Waals surface area contributed by atoms with Crippen LogP contribution in [0.4, 0.5) is 4.39 Å². The molecule has 1 aromatic rings. The minimum atomic E-state index is -0.247. The Morgan fingerprint density at radius 3 is 2.53 bits per heavy atom. The van der Waals surface area contributed by atoms with Crippen LogP contribution in [0.15, 0.2) is 35.9 Å². The fourth-order valence-corrected chi connectivity index (χ4v) is 2.19. The molecule has 1 amide bonds. The summed E-state index contributed by atoms with van der Waals surface area (Å²) < 4.78 is 12.8. The van der Waals surface area contributed by atoms with Crippen LogP contribution in [0.1, 0.15) is 31.9 Å². The number of rotatable bonds is 2. The number of hydrogen-bond acceptors (Lipinski definition) is 1. The summed E-state index contributed by atoms with van der Waals surface area (Å²) in [4.78, 5) is 13.8. The number of hydrogen-bond donors (Lipinski definition) is 0. The first kappa shape index (κ1) is 11.8. The Balaban J connectivity index is 2.19. The number of nitrogens with zero attached hydrogens (tertiary/aromatic N) is 1. The van der Waals surface area contributed by atoms with Crippen LogP contribution in [0.5, 0.6) is 0 Å². The van der Waals surface area contributed by atoms with Gasteiger partial charge in [-0.05, 0) is 38.0 Å². The zero-order valence-corrected chi connectivity index (χ0v) is 10.1. The highest BCUT2D eigenvalue weighted by Crippen LogP contribution is 2.28. The Morgan fingerprint density at radius 2 is 2.00 bits per heavy atom. The third-order valence-corrected chi connectivity index (χ3v) is 3.33.